The highest BCUT2D eigenvalue weighted by Crippen LogP contribution is 2.35. The number of halogens is 1. The largest absolute Gasteiger partial charge is 0.508 e. The Morgan fingerprint density at radius 3 is 2.12 bits per heavy atom. The smallest absolute Gasteiger partial charge is 0.328 e. The number of carbonyl (C=O) groups is 3. The zero-order valence-corrected chi connectivity index (χ0v) is 19.5. The fourth-order valence-electron chi connectivity index (χ4n) is 2.54. The molecule has 0 aromatic heterocycles. The number of nitrogens with zero attached hydrogens (tertiary/aromatic N) is 1. The summed E-state index contributed by atoms with van der Waals surface area (Å²) in [6, 6.07) is 7.71. The van der Waals surface area contributed by atoms with Crippen molar-refractivity contribution in [3.05, 3.63) is 52.5 Å². The maximum absolute atomic E-state index is 12.3. The van der Waals surface area contributed by atoms with Gasteiger partial charge in [-0.1, -0.05) is 51.4 Å². The minimum Gasteiger partial charge on any atom is -0.508 e. The molecule has 0 heterocycles. The van der Waals surface area contributed by atoms with Gasteiger partial charge in [-0.3, -0.25) is 14.6 Å². The molecule has 33 heavy (non-hydrogen) atoms. The molecule has 176 valence electrons. The Bertz CT molecular complexity index is 1050. The summed E-state index contributed by atoms with van der Waals surface area (Å²) in [5.41, 5.74) is 0.835. The number of carbonyl (C=O) groups excluding carboxylic acids is 2. The van der Waals surface area contributed by atoms with Gasteiger partial charge in [-0.2, -0.15) is 0 Å². The molecule has 2 aromatic rings. The third-order valence-corrected chi connectivity index (χ3v) is 4.67. The van der Waals surface area contributed by atoms with Gasteiger partial charge in [0.2, 0.25) is 0 Å². The highest BCUT2D eigenvalue weighted by Gasteiger charge is 2.22. The van der Waals surface area contributed by atoms with Crippen molar-refractivity contribution < 1.29 is 34.1 Å². The first-order valence-corrected chi connectivity index (χ1v) is 10.7. The predicted molar refractivity (Wildman–Crippen MR) is 123 cm³/mol. The summed E-state index contributed by atoms with van der Waals surface area (Å²) in [5.74, 6) is -3.31. The van der Waals surface area contributed by atoms with Gasteiger partial charge < -0.3 is 19.7 Å². The van der Waals surface area contributed by atoms with Crippen LogP contribution in [0.15, 0.2) is 41.4 Å². The number of aromatic hydroxyl groups is 1. The van der Waals surface area contributed by atoms with Crippen molar-refractivity contribution in [2.24, 2.45) is 16.8 Å². The fourth-order valence-corrected chi connectivity index (χ4v) is 2.76. The van der Waals surface area contributed by atoms with Crippen molar-refractivity contribution >= 4 is 35.7 Å². The second-order valence-corrected chi connectivity index (χ2v) is 8.41. The van der Waals surface area contributed by atoms with Crippen molar-refractivity contribution in [2.75, 3.05) is 0 Å². The first-order valence-electron chi connectivity index (χ1n) is 10.3. The minimum atomic E-state index is -1.17. The molecule has 8 nitrogen and oxygen atoms in total. The summed E-state index contributed by atoms with van der Waals surface area (Å²) in [5, 5.41) is 19.2. The molecule has 0 amide bonds. The van der Waals surface area contributed by atoms with Crippen LogP contribution in [0.4, 0.5) is 0 Å². The first-order chi connectivity index (χ1) is 15.5. The molecule has 0 spiro atoms. The Labute approximate surface area is 196 Å². The quantitative estimate of drug-likeness (QED) is 0.315. The Balaban J connectivity index is 2.46. The number of esters is 2. The molecule has 9 heteroatoms. The maximum Gasteiger partial charge on any atom is 0.328 e. The predicted octanol–water partition coefficient (Wildman–Crippen LogP) is 4.28. The Morgan fingerprint density at radius 2 is 1.58 bits per heavy atom. The second kappa shape index (κ2) is 11.5. The molecule has 1 unspecified atom stereocenters. The summed E-state index contributed by atoms with van der Waals surface area (Å²) < 4.78 is 10.8. The molecule has 0 radical (unpaired) electrons. The molecule has 2 N–H and O–H groups in total. The summed E-state index contributed by atoms with van der Waals surface area (Å²) in [6.45, 7) is 6.58. The Hall–Kier alpha value is -3.39. The third kappa shape index (κ3) is 7.61. The molecular formula is C24H26ClNO7. The number of hydrogen-bond donors (Lipinski definition) is 2. The van der Waals surface area contributed by atoms with E-state index in [1.54, 1.807) is 39.8 Å². The fraction of sp³-hybridized carbons (Fsp3) is 0.333. The van der Waals surface area contributed by atoms with E-state index in [2.05, 4.69) is 4.99 Å². The van der Waals surface area contributed by atoms with E-state index in [1.165, 1.54) is 30.5 Å². The normalized spacial score (nSPS) is 12.2. The van der Waals surface area contributed by atoms with E-state index < -0.39 is 35.8 Å². The highest BCUT2D eigenvalue weighted by molar-refractivity contribution is 6.31. The van der Waals surface area contributed by atoms with Gasteiger partial charge in [0.15, 0.2) is 17.5 Å². The highest BCUT2D eigenvalue weighted by atomic mass is 35.5. The first kappa shape index (κ1) is 25.9. The molecule has 0 bridgehead atoms. The number of ether oxygens (including phenoxy) is 2. The number of phenolic OH excluding ortho intramolecular Hbond substituents is 1. The zero-order valence-electron chi connectivity index (χ0n) is 18.7. The van der Waals surface area contributed by atoms with Crippen LogP contribution in [-0.4, -0.2) is 40.4 Å². The van der Waals surface area contributed by atoms with Gasteiger partial charge in [-0.05, 0) is 23.8 Å². The molecule has 0 aliphatic rings. The third-order valence-electron chi connectivity index (χ3n) is 4.45. The van der Waals surface area contributed by atoms with Crippen LogP contribution in [0.5, 0.6) is 17.2 Å². The van der Waals surface area contributed by atoms with Crippen LogP contribution in [0, 0.1) is 11.8 Å². The Kier molecular flexibility index (Phi) is 8.99. The number of hydrogen-bond acceptors (Lipinski definition) is 7. The van der Waals surface area contributed by atoms with Crippen LogP contribution < -0.4 is 9.47 Å². The number of benzene rings is 2. The number of aliphatic carboxylic acids is 1. The van der Waals surface area contributed by atoms with Gasteiger partial charge >= 0.3 is 17.9 Å². The lowest BCUT2D eigenvalue weighted by atomic mass is 10.1. The molecular weight excluding hydrogens is 450 g/mol. The lowest BCUT2D eigenvalue weighted by Crippen LogP contribution is -2.21. The topological polar surface area (TPSA) is 122 Å². The van der Waals surface area contributed by atoms with Crippen LogP contribution in [0.2, 0.25) is 5.02 Å². The van der Waals surface area contributed by atoms with Gasteiger partial charge in [-0.25, -0.2) is 4.79 Å². The van der Waals surface area contributed by atoms with E-state index in [-0.39, 0.29) is 34.3 Å². The van der Waals surface area contributed by atoms with E-state index in [1.807, 2.05) is 0 Å². The monoisotopic (exact) mass is 475 g/mol. The van der Waals surface area contributed by atoms with Gasteiger partial charge in [-0.15, -0.1) is 0 Å². The van der Waals surface area contributed by atoms with Crippen LogP contribution in [-0.2, 0) is 20.8 Å². The van der Waals surface area contributed by atoms with Crippen LogP contribution in [0.1, 0.15) is 38.8 Å². The molecule has 0 saturated heterocycles. The average molecular weight is 476 g/mol. The number of phenols is 1. The van der Waals surface area contributed by atoms with Gasteiger partial charge in [0.1, 0.15) is 5.75 Å². The summed E-state index contributed by atoms with van der Waals surface area (Å²) >= 11 is 6.17. The van der Waals surface area contributed by atoms with E-state index in [4.69, 9.17) is 21.1 Å². The molecule has 1 atom stereocenters. The van der Waals surface area contributed by atoms with Crippen molar-refractivity contribution in [1.29, 1.82) is 0 Å². The standard InChI is InChI=1S/C24H26ClNO7/c1-13(2)23(30)32-20-11-17(25)10-16(21(20)33-24(31)14(3)4)12-26-19(22(28)29)9-15-5-7-18(27)8-6-15/h5-8,10-14,19,27H,9H2,1-4H3,(H,28,29). The van der Waals surface area contributed by atoms with Crippen molar-refractivity contribution in [2.45, 2.75) is 40.2 Å². The van der Waals surface area contributed by atoms with E-state index in [0.717, 1.165) is 0 Å². The molecule has 2 rings (SSSR count). The van der Waals surface area contributed by atoms with Crippen LogP contribution >= 0.6 is 11.6 Å². The summed E-state index contributed by atoms with van der Waals surface area (Å²) in [4.78, 5) is 40.3. The van der Waals surface area contributed by atoms with Crippen molar-refractivity contribution in [3.8, 4) is 17.2 Å². The minimum absolute atomic E-state index is 0.0585. The van der Waals surface area contributed by atoms with E-state index >= 15 is 0 Å². The summed E-state index contributed by atoms with van der Waals surface area (Å²) in [6.07, 6.45) is 1.28. The number of carboxylic acid groups (broad SMARTS) is 1. The molecule has 2 aromatic carbocycles. The number of carboxylic acids is 1. The number of aliphatic imine (C=N–C) groups is 1. The molecule has 0 aliphatic heterocycles. The maximum atomic E-state index is 12.3. The average Bonchev–Trinajstić information content (AvgIpc) is 2.73. The van der Waals surface area contributed by atoms with Gasteiger partial charge in [0.05, 0.1) is 11.8 Å². The van der Waals surface area contributed by atoms with Crippen LogP contribution in [0.25, 0.3) is 0 Å². The number of rotatable bonds is 9. The van der Waals surface area contributed by atoms with Crippen LogP contribution in [0.3, 0.4) is 0 Å². The molecule has 0 fully saturated rings. The van der Waals surface area contributed by atoms with Gasteiger partial charge in [0, 0.05) is 29.3 Å². The van der Waals surface area contributed by atoms with Crippen molar-refractivity contribution in [1.82, 2.24) is 0 Å². The Morgan fingerprint density at radius 1 is 1.00 bits per heavy atom. The molecule has 0 saturated carbocycles. The van der Waals surface area contributed by atoms with E-state index in [0.29, 0.717) is 5.56 Å². The molecule has 0 aliphatic carbocycles. The zero-order chi connectivity index (χ0) is 24.7. The van der Waals surface area contributed by atoms with Crippen molar-refractivity contribution in [3.63, 3.8) is 0 Å². The lowest BCUT2D eigenvalue weighted by Gasteiger charge is -2.16. The summed E-state index contributed by atoms with van der Waals surface area (Å²) in [7, 11) is 0. The SMILES string of the molecule is CC(C)C(=O)Oc1cc(Cl)cc(C=NC(Cc2ccc(O)cc2)C(=O)O)c1OC(=O)C(C)C. The second-order valence-electron chi connectivity index (χ2n) is 7.98. The lowest BCUT2D eigenvalue weighted by molar-refractivity contribution is -0.140. The van der Waals surface area contributed by atoms with Gasteiger partial charge in [0.25, 0.3) is 0 Å². The van der Waals surface area contributed by atoms with E-state index in [9.17, 15) is 24.6 Å².